The lowest BCUT2D eigenvalue weighted by Crippen LogP contribution is -2.47. The van der Waals surface area contributed by atoms with E-state index in [0.717, 1.165) is 29.7 Å². The largest absolute Gasteiger partial charge is 0.383 e. The number of anilines is 2. The fourth-order valence-electron chi connectivity index (χ4n) is 5.05. The number of rotatable bonds is 8. The van der Waals surface area contributed by atoms with Crippen molar-refractivity contribution in [2.24, 2.45) is 11.8 Å². The molecule has 0 unspecified atom stereocenters. The quantitative estimate of drug-likeness (QED) is 0.548. The number of hydrogen-bond acceptors (Lipinski definition) is 6. The van der Waals surface area contributed by atoms with Gasteiger partial charge in [-0.15, -0.1) is 0 Å². The van der Waals surface area contributed by atoms with Crippen LogP contribution in [-0.4, -0.2) is 45.3 Å². The molecule has 1 aliphatic carbocycles. The summed E-state index contributed by atoms with van der Waals surface area (Å²) < 4.78 is 1.21. The third-order valence-corrected chi connectivity index (χ3v) is 6.93. The highest BCUT2D eigenvalue weighted by molar-refractivity contribution is 6.09. The lowest BCUT2D eigenvalue weighted by atomic mass is 9.81. The Morgan fingerprint density at radius 1 is 1.06 bits per heavy atom. The van der Waals surface area contributed by atoms with Crippen LogP contribution in [0.2, 0.25) is 0 Å². The average molecular weight is 482 g/mol. The molecule has 0 spiro atoms. The first-order valence-corrected chi connectivity index (χ1v) is 12.2. The number of benzene rings is 1. The van der Waals surface area contributed by atoms with Gasteiger partial charge >= 0.3 is 5.69 Å². The Balaban J connectivity index is 1.66. The lowest BCUT2D eigenvalue weighted by molar-refractivity contribution is -0.143. The molecule has 1 saturated heterocycles. The summed E-state index contributed by atoms with van der Waals surface area (Å²) in [6.45, 7) is 1.75. The summed E-state index contributed by atoms with van der Waals surface area (Å²) in [4.78, 5) is 69.1. The highest BCUT2D eigenvalue weighted by atomic mass is 16.2. The Hall–Kier alpha value is -3.69. The summed E-state index contributed by atoms with van der Waals surface area (Å²) in [6, 6.07) is 9.13. The number of amides is 3. The second kappa shape index (κ2) is 10.3. The number of carbonyl (C=O) groups is 3. The van der Waals surface area contributed by atoms with Gasteiger partial charge in [0, 0.05) is 6.54 Å². The van der Waals surface area contributed by atoms with Crippen LogP contribution >= 0.6 is 0 Å². The van der Waals surface area contributed by atoms with Crippen molar-refractivity contribution in [3.05, 3.63) is 56.7 Å². The summed E-state index contributed by atoms with van der Waals surface area (Å²) in [6.07, 6.45) is 4.37. The molecule has 10 nitrogen and oxygen atoms in total. The molecular formula is C25H31N5O5. The molecule has 1 aromatic heterocycles. The SMILES string of the molecule is CCCCN(C(=O)CN1C(=O)[C@H]2CCCC[C@@H]2C1=O)c1c(N)n(Cc2ccccc2)c(=O)[nH]c1=O. The molecule has 3 N–H and O–H groups in total. The number of unbranched alkanes of at least 4 members (excludes halogenated alkanes) is 1. The number of aromatic amines is 1. The van der Waals surface area contributed by atoms with Crippen molar-refractivity contribution < 1.29 is 14.4 Å². The first-order chi connectivity index (χ1) is 16.8. The number of nitrogen functional groups attached to an aromatic ring is 1. The molecule has 2 aliphatic rings. The standard InChI is InChI=1S/C25H31N5O5/c1-2-3-13-28(19(31)15-30-23(33)17-11-7-8-12-18(17)24(30)34)20-21(26)29(25(35)27-22(20)32)14-16-9-5-4-6-10-16/h4-6,9-10,17-18H,2-3,7-8,11-15,26H2,1H3,(H,27,32,35)/t17-,18-/m0/s1. The normalized spacial score (nSPS) is 19.6. The number of fused-ring (bicyclic) bond motifs is 1. The fourth-order valence-corrected chi connectivity index (χ4v) is 5.05. The van der Waals surface area contributed by atoms with Gasteiger partial charge < -0.3 is 10.6 Å². The second-order valence-corrected chi connectivity index (χ2v) is 9.22. The van der Waals surface area contributed by atoms with Crippen LogP contribution in [0.5, 0.6) is 0 Å². The molecule has 1 saturated carbocycles. The summed E-state index contributed by atoms with van der Waals surface area (Å²) in [5.41, 5.74) is 5.49. The highest BCUT2D eigenvalue weighted by Gasteiger charge is 2.49. The highest BCUT2D eigenvalue weighted by Crippen LogP contribution is 2.38. The van der Waals surface area contributed by atoms with Gasteiger partial charge in [0.1, 0.15) is 12.4 Å². The van der Waals surface area contributed by atoms with Crippen LogP contribution in [0.3, 0.4) is 0 Å². The Morgan fingerprint density at radius 3 is 2.29 bits per heavy atom. The zero-order chi connectivity index (χ0) is 25.1. The maximum Gasteiger partial charge on any atom is 0.330 e. The van der Waals surface area contributed by atoms with Crippen molar-refractivity contribution in [1.82, 2.24) is 14.5 Å². The van der Waals surface area contributed by atoms with E-state index in [1.54, 1.807) is 0 Å². The number of nitrogens with one attached hydrogen (secondary N) is 1. The van der Waals surface area contributed by atoms with Crippen LogP contribution in [0, 0.1) is 11.8 Å². The first kappa shape index (κ1) is 24.4. The maximum absolute atomic E-state index is 13.4. The number of nitrogens with two attached hydrogens (primary N) is 1. The minimum Gasteiger partial charge on any atom is -0.383 e. The molecule has 35 heavy (non-hydrogen) atoms. The van der Waals surface area contributed by atoms with Crippen molar-refractivity contribution in [1.29, 1.82) is 0 Å². The van der Waals surface area contributed by atoms with Gasteiger partial charge in [-0.05, 0) is 24.8 Å². The third kappa shape index (κ3) is 4.78. The molecule has 4 rings (SSSR count). The molecule has 2 aromatic rings. The van der Waals surface area contributed by atoms with Gasteiger partial charge in [0.25, 0.3) is 5.56 Å². The maximum atomic E-state index is 13.4. The van der Waals surface area contributed by atoms with Gasteiger partial charge in [-0.3, -0.25) is 33.6 Å². The molecular weight excluding hydrogens is 450 g/mol. The predicted molar refractivity (Wildman–Crippen MR) is 131 cm³/mol. The molecule has 0 radical (unpaired) electrons. The minimum absolute atomic E-state index is 0.109. The average Bonchev–Trinajstić information content (AvgIpc) is 3.09. The van der Waals surface area contributed by atoms with E-state index < -0.39 is 23.7 Å². The van der Waals surface area contributed by atoms with Crippen LogP contribution < -0.4 is 21.9 Å². The third-order valence-electron chi connectivity index (χ3n) is 6.93. The molecule has 1 aromatic carbocycles. The molecule has 2 atom stereocenters. The van der Waals surface area contributed by atoms with Gasteiger partial charge in [0.05, 0.1) is 18.4 Å². The van der Waals surface area contributed by atoms with E-state index in [-0.39, 0.29) is 48.2 Å². The van der Waals surface area contributed by atoms with Crippen LogP contribution in [0.4, 0.5) is 11.5 Å². The number of imide groups is 1. The van der Waals surface area contributed by atoms with E-state index in [9.17, 15) is 24.0 Å². The minimum atomic E-state index is -0.783. The second-order valence-electron chi connectivity index (χ2n) is 9.22. The zero-order valence-electron chi connectivity index (χ0n) is 19.9. The number of hydrogen-bond donors (Lipinski definition) is 2. The number of aromatic nitrogens is 2. The van der Waals surface area contributed by atoms with Gasteiger partial charge in [0.2, 0.25) is 17.7 Å². The van der Waals surface area contributed by atoms with Crippen LogP contribution in [0.1, 0.15) is 51.0 Å². The monoisotopic (exact) mass is 481 g/mol. The summed E-state index contributed by atoms with van der Waals surface area (Å²) in [7, 11) is 0. The topological polar surface area (TPSA) is 139 Å². The number of nitrogens with zero attached hydrogens (tertiary/aromatic N) is 3. The van der Waals surface area contributed by atoms with E-state index in [1.807, 2.05) is 37.3 Å². The van der Waals surface area contributed by atoms with E-state index in [4.69, 9.17) is 5.73 Å². The van der Waals surface area contributed by atoms with Crippen molar-refractivity contribution in [2.45, 2.75) is 52.0 Å². The Morgan fingerprint density at radius 2 is 1.69 bits per heavy atom. The van der Waals surface area contributed by atoms with Crippen molar-refractivity contribution in [3.8, 4) is 0 Å². The first-order valence-electron chi connectivity index (χ1n) is 12.2. The number of carbonyl (C=O) groups excluding carboxylic acids is 3. The molecule has 10 heteroatoms. The smallest absolute Gasteiger partial charge is 0.330 e. The summed E-state index contributed by atoms with van der Waals surface area (Å²) in [5.74, 6) is -2.09. The van der Waals surface area contributed by atoms with E-state index in [1.165, 1.54) is 9.47 Å². The lowest BCUT2D eigenvalue weighted by Gasteiger charge is -2.26. The van der Waals surface area contributed by atoms with Gasteiger partial charge in [-0.1, -0.05) is 56.5 Å². The van der Waals surface area contributed by atoms with Crippen molar-refractivity contribution in [2.75, 3.05) is 23.7 Å². The van der Waals surface area contributed by atoms with Crippen LogP contribution in [-0.2, 0) is 20.9 Å². The van der Waals surface area contributed by atoms with Crippen LogP contribution in [0.25, 0.3) is 0 Å². The van der Waals surface area contributed by atoms with Gasteiger partial charge in [0.15, 0.2) is 5.69 Å². The van der Waals surface area contributed by atoms with E-state index in [0.29, 0.717) is 19.3 Å². The fraction of sp³-hybridized carbons (Fsp3) is 0.480. The number of likely N-dealkylation sites (tertiary alicyclic amines) is 1. The van der Waals surface area contributed by atoms with E-state index in [2.05, 4.69) is 4.98 Å². The Labute approximate surface area is 202 Å². The molecule has 2 heterocycles. The van der Waals surface area contributed by atoms with Crippen molar-refractivity contribution in [3.63, 3.8) is 0 Å². The molecule has 0 bridgehead atoms. The van der Waals surface area contributed by atoms with Gasteiger partial charge in [-0.25, -0.2) is 4.79 Å². The summed E-state index contributed by atoms with van der Waals surface area (Å²) >= 11 is 0. The molecule has 1 aliphatic heterocycles. The Bertz CT molecular complexity index is 1210. The zero-order valence-corrected chi connectivity index (χ0v) is 19.9. The molecule has 3 amide bonds. The van der Waals surface area contributed by atoms with E-state index >= 15 is 0 Å². The van der Waals surface area contributed by atoms with Crippen molar-refractivity contribution >= 4 is 29.2 Å². The predicted octanol–water partition coefficient (Wildman–Crippen LogP) is 1.48. The number of H-pyrrole nitrogens is 1. The Kier molecular flexibility index (Phi) is 7.18. The molecule has 2 fully saturated rings. The van der Waals surface area contributed by atoms with Crippen LogP contribution in [0.15, 0.2) is 39.9 Å². The molecule has 186 valence electrons. The summed E-state index contributed by atoms with van der Waals surface area (Å²) in [5, 5.41) is 0. The van der Waals surface area contributed by atoms with Gasteiger partial charge in [-0.2, -0.15) is 0 Å².